The molecule has 4 heteroatoms. The standard InChI is InChI=1S/C5H10O3.Cu/c1-3-5(7)8-4(2)6;/h5,7H,3H2,1-2H3;. The molecule has 0 aliphatic heterocycles. The molecule has 0 saturated carbocycles. The van der Waals surface area contributed by atoms with Crippen molar-refractivity contribution in [2.24, 2.45) is 0 Å². The van der Waals surface area contributed by atoms with Gasteiger partial charge in [-0.1, -0.05) is 6.92 Å². The van der Waals surface area contributed by atoms with Crippen molar-refractivity contribution in [3.8, 4) is 0 Å². The Kier molecular flexibility index (Phi) is 7.90. The largest absolute Gasteiger partial charge is 0.436 e. The summed E-state index contributed by atoms with van der Waals surface area (Å²) < 4.78 is 4.32. The number of aliphatic hydroxyl groups is 1. The van der Waals surface area contributed by atoms with E-state index in [4.69, 9.17) is 5.11 Å². The first kappa shape index (κ1) is 11.7. The Bertz CT molecular complexity index is 84.3. The average molecular weight is 182 g/mol. The summed E-state index contributed by atoms with van der Waals surface area (Å²) in [6, 6.07) is 0. The van der Waals surface area contributed by atoms with Crippen LogP contribution in [0.2, 0.25) is 0 Å². The van der Waals surface area contributed by atoms with Crippen LogP contribution >= 0.6 is 0 Å². The number of carbonyl (C=O) groups excluding carboxylic acids is 1. The number of hydrogen-bond acceptors (Lipinski definition) is 3. The molecule has 0 aromatic heterocycles. The minimum atomic E-state index is -0.924. The number of carbonyl (C=O) groups is 1. The van der Waals surface area contributed by atoms with E-state index in [2.05, 4.69) is 4.74 Å². The van der Waals surface area contributed by atoms with Crippen LogP contribution in [0.15, 0.2) is 0 Å². The van der Waals surface area contributed by atoms with Gasteiger partial charge in [-0.25, -0.2) is 0 Å². The summed E-state index contributed by atoms with van der Waals surface area (Å²) in [5, 5.41) is 8.59. The summed E-state index contributed by atoms with van der Waals surface area (Å²) in [5.41, 5.74) is 0. The number of rotatable bonds is 2. The topological polar surface area (TPSA) is 46.5 Å². The third kappa shape index (κ3) is 7.95. The van der Waals surface area contributed by atoms with Gasteiger partial charge in [0, 0.05) is 30.4 Å². The van der Waals surface area contributed by atoms with Crippen LogP contribution in [0.3, 0.4) is 0 Å². The van der Waals surface area contributed by atoms with Crippen LogP contribution in [0.1, 0.15) is 20.3 Å². The minimum absolute atomic E-state index is 0. The van der Waals surface area contributed by atoms with Crippen molar-refractivity contribution in [2.75, 3.05) is 0 Å². The van der Waals surface area contributed by atoms with Gasteiger partial charge in [-0.05, 0) is 0 Å². The van der Waals surface area contributed by atoms with Gasteiger partial charge in [-0.3, -0.25) is 4.79 Å². The summed E-state index contributed by atoms with van der Waals surface area (Å²) in [5.74, 6) is -0.445. The van der Waals surface area contributed by atoms with Gasteiger partial charge < -0.3 is 9.84 Å². The molecule has 0 aromatic rings. The fourth-order valence-corrected chi connectivity index (χ4v) is 0.275. The third-order valence-electron chi connectivity index (χ3n) is 0.651. The summed E-state index contributed by atoms with van der Waals surface area (Å²) in [6.07, 6.45) is -0.480. The van der Waals surface area contributed by atoms with Gasteiger partial charge in [0.1, 0.15) is 0 Å². The van der Waals surface area contributed by atoms with E-state index in [1.54, 1.807) is 6.92 Å². The van der Waals surface area contributed by atoms with E-state index in [9.17, 15) is 4.79 Å². The molecule has 0 bridgehead atoms. The van der Waals surface area contributed by atoms with Crippen molar-refractivity contribution in [1.29, 1.82) is 0 Å². The molecule has 1 radical (unpaired) electrons. The zero-order chi connectivity index (χ0) is 6.57. The monoisotopic (exact) mass is 181 g/mol. The van der Waals surface area contributed by atoms with Crippen molar-refractivity contribution >= 4 is 5.97 Å². The fourth-order valence-electron chi connectivity index (χ4n) is 0.275. The van der Waals surface area contributed by atoms with Gasteiger partial charge in [0.05, 0.1) is 0 Å². The Labute approximate surface area is 64.9 Å². The van der Waals surface area contributed by atoms with E-state index >= 15 is 0 Å². The maximum absolute atomic E-state index is 10.0. The molecule has 0 aliphatic rings. The molecule has 0 rings (SSSR count). The Morgan fingerprint density at radius 3 is 2.33 bits per heavy atom. The predicted octanol–water partition coefficient (Wildman–Crippen LogP) is 0.275. The summed E-state index contributed by atoms with van der Waals surface area (Å²) in [6.45, 7) is 2.99. The molecule has 0 fully saturated rings. The summed E-state index contributed by atoms with van der Waals surface area (Å²) in [4.78, 5) is 10.0. The van der Waals surface area contributed by atoms with E-state index in [0.29, 0.717) is 6.42 Å². The first-order valence-electron chi connectivity index (χ1n) is 2.52. The van der Waals surface area contributed by atoms with Gasteiger partial charge in [0.25, 0.3) is 0 Å². The first-order valence-corrected chi connectivity index (χ1v) is 2.52. The van der Waals surface area contributed by atoms with E-state index in [0.717, 1.165) is 0 Å². The smallest absolute Gasteiger partial charge is 0.304 e. The Balaban J connectivity index is 0. The van der Waals surface area contributed by atoms with E-state index in [1.165, 1.54) is 6.92 Å². The molecule has 0 aliphatic carbocycles. The maximum atomic E-state index is 10.0. The number of hydrogen-bond donors (Lipinski definition) is 1. The molecule has 1 unspecified atom stereocenters. The van der Waals surface area contributed by atoms with Gasteiger partial charge in [0.2, 0.25) is 0 Å². The van der Waals surface area contributed by atoms with Crippen LogP contribution in [0.25, 0.3) is 0 Å². The molecule has 9 heavy (non-hydrogen) atoms. The summed E-state index contributed by atoms with van der Waals surface area (Å²) in [7, 11) is 0. The Hall–Kier alpha value is -0.0505. The zero-order valence-corrected chi connectivity index (χ0v) is 6.29. The average Bonchev–Trinajstić information content (AvgIpc) is 1.65. The van der Waals surface area contributed by atoms with Gasteiger partial charge in [-0.15, -0.1) is 0 Å². The van der Waals surface area contributed by atoms with Crippen LogP contribution in [-0.4, -0.2) is 17.4 Å². The van der Waals surface area contributed by atoms with Crippen LogP contribution in [0.5, 0.6) is 0 Å². The van der Waals surface area contributed by atoms with Crippen molar-refractivity contribution in [3.05, 3.63) is 0 Å². The van der Waals surface area contributed by atoms with E-state index in [1.807, 2.05) is 0 Å². The molecule has 0 spiro atoms. The van der Waals surface area contributed by atoms with Crippen LogP contribution < -0.4 is 0 Å². The second-order valence-electron chi connectivity index (χ2n) is 1.47. The second kappa shape index (κ2) is 6.08. The molecule has 3 nitrogen and oxygen atoms in total. The predicted molar refractivity (Wildman–Crippen MR) is 28.1 cm³/mol. The first-order chi connectivity index (χ1) is 3.66. The van der Waals surface area contributed by atoms with Crippen molar-refractivity contribution in [2.45, 2.75) is 26.6 Å². The van der Waals surface area contributed by atoms with Crippen molar-refractivity contribution in [1.82, 2.24) is 0 Å². The van der Waals surface area contributed by atoms with Crippen molar-refractivity contribution < 1.29 is 31.7 Å². The zero-order valence-electron chi connectivity index (χ0n) is 5.35. The third-order valence-corrected chi connectivity index (χ3v) is 0.651. The molecule has 0 heterocycles. The van der Waals surface area contributed by atoms with Crippen molar-refractivity contribution in [3.63, 3.8) is 0 Å². The Morgan fingerprint density at radius 2 is 2.22 bits per heavy atom. The Morgan fingerprint density at radius 1 is 1.78 bits per heavy atom. The SMILES string of the molecule is CCC(O)OC(C)=O.[Cu]. The van der Waals surface area contributed by atoms with Crippen LogP contribution in [0, 0.1) is 0 Å². The molecule has 0 saturated heterocycles. The molecule has 1 atom stereocenters. The quantitative estimate of drug-likeness (QED) is 0.378. The number of aliphatic hydroxyl groups excluding tert-OH is 1. The molecule has 1 N–H and O–H groups in total. The summed E-state index contributed by atoms with van der Waals surface area (Å²) >= 11 is 0. The van der Waals surface area contributed by atoms with Crippen LogP contribution in [0.4, 0.5) is 0 Å². The van der Waals surface area contributed by atoms with E-state index < -0.39 is 12.3 Å². The minimum Gasteiger partial charge on any atom is -0.436 e. The molecule has 0 amide bonds. The number of ether oxygens (including phenoxy) is 1. The van der Waals surface area contributed by atoms with Gasteiger partial charge in [-0.2, -0.15) is 0 Å². The normalized spacial score (nSPS) is 11.4. The van der Waals surface area contributed by atoms with E-state index in [-0.39, 0.29) is 17.1 Å². The molecule has 59 valence electrons. The molecule has 0 aromatic carbocycles. The molecular formula is C5H10CuO3. The second-order valence-corrected chi connectivity index (χ2v) is 1.47. The maximum Gasteiger partial charge on any atom is 0.304 e. The van der Waals surface area contributed by atoms with Crippen LogP contribution in [-0.2, 0) is 26.6 Å². The van der Waals surface area contributed by atoms with Gasteiger partial charge >= 0.3 is 5.97 Å². The fraction of sp³-hybridized carbons (Fsp3) is 0.800. The van der Waals surface area contributed by atoms with Gasteiger partial charge in [0.15, 0.2) is 6.29 Å². The molecular weight excluding hydrogens is 172 g/mol. The number of esters is 1.